The predicted molar refractivity (Wildman–Crippen MR) is 129 cm³/mol. The number of amides is 1. The summed E-state index contributed by atoms with van der Waals surface area (Å²) in [5, 5.41) is 18.8. The van der Waals surface area contributed by atoms with Crippen molar-refractivity contribution in [2.75, 3.05) is 13.1 Å². The van der Waals surface area contributed by atoms with Crippen molar-refractivity contribution >= 4 is 29.1 Å². The molecule has 3 atom stereocenters. The summed E-state index contributed by atoms with van der Waals surface area (Å²) >= 11 is 12.4. The maximum absolute atomic E-state index is 14.6. The molecule has 1 aliphatic heterocycles. The van der Waals surface area contributed by atoms with Crippen LogP contribution in [0.1, 0.15) is 39.9 Å². The number of ether oxygens (including phenoxy) is 1. The summed E-state index contributed by atoms with van der Waals surface area (Å²) in [6.07, 6.45) is 1.05. The molecule has 0 saturated carbocycles. The smallest absolute Gasteiger partial charge is 0.256 e. The van der Waals surface area contributed by atoms with Crippen LogP contribution in [0.3, 0.4) is 0 Å². The van der Waals surface area contributed by atoms with Gasteiger partial charge >= 0.3 is 0 Å². The zero-order valence-corrected chi connectivity index (χ0v) is 20.1. The minimum atomic E-state index is -0.741. The highest BCUT2D eigenvalue weighted by Gasteiger charge is 2.41. The van der Waals surface area contributed by atoms with Gasteiger partial charge in [0, 0.05) is 37.2 Å². The van der Waals surface area contributed by atoms with Crippen LogP contribution in [0.25, 0.3) is 0 Å². The highest BCUT2D eigenvalue weighted by molar-refractivity contribution is 6.42. The third kappa shape index (κ3) is 5.22. The van der Waals surface area contributed by atoms with Crippen LogP contribution in [-0.4, -0.2) is 35.0 Å². The molecule has 176 valence electrons. The molecule has 0 spiro atoms. The van der Waals surface area contributed by atoms with Gasteiger partial charge in [-0.3, -0.25) is 4.79 Å². The average Bonchev–Trinajstić information content (AvgIpc) is 3.31. The van der Waals surface area contributed by atoms with E-state index in [0.717, 1.165) is 11.6 Å². The predicted octanol–water partition coefficient (Wildman–Crippen LogP) is 5.59. The molecule has 0 aliphatic carbocycles. The van der Waals surface area contributed by atoms with Gasteiger partial charge in [-0.25, -0.2) is 9.37 Å². The lowest BCUT2D eigenvalue weighted by atomic mass is 9.86. The second kappa shape index (κ2) is 10.3. The summed E-state index contributed by atoms with van der Waals surface area (Å²) in [6.45, 7) is 2.50. The Morgan fingerprint density at radius 3 is 2.46 bits per heavy atom. The van der Waals surface area contributed by atoms with E-state index in [-0.39, 0.29) is 29.1 Å². The Kier molecular flexibility index (Phi) is 7.21. The van der Waals surface area contributed by atoms with Gasteiger partial charge in [0.2, 0.25) is 5.88 Å². The molecule has 2 aromatic carbocycles. The molecule has 3 aromatic rings. The van der Waals surface area contributed by atoms with Gasteiger partial charge in [-0.1, -0.05) is 29.3 Å². The number of nitriles is 2. The standard InChI is InChI=1S/C26H19Cl2FN4O2/c1-15(35-25-7-3-17(11-31)12-32-25)20-13-33(14-21(20)18-4-6-22(27)23(28)9-18)26(34)19-5-2-16(10-30)8-24(19)29/h2-9,12,15,20-21H,13-14H2,1H3/t15-,20+,21+/m0/s1. The Morgan fingerprint density at radius 2 is 1.83 bits per heavy atom. The van der Waals surface area contributed by atoms with Gasteiger partial charge < -0.3 is 9.64 Å². The molecule has 6 nitrogen and oxygen atoms in total. The molecule has 0 N–H and O–H groups in total. The molecule has 1 fully saturated rings. The first kappa shape index (κ1) is 24.5. The van der Waals surface area contributed by atoms with Crippen molar-refractivity contribution in [1.29, 1.82) is 10.5 Å². The van der Waals surface area contributed by atoms with E-state index >= 15 is 0 Å². The number of benzene rings is 2. The summed E-state index contributed by atoms with van der Waals surface area (Å²) in [6, 6.07) is 16.2. The number of rotatable bonds is 5. The molecule has 1 aliphatic rings. The second-order valence-corrected chi connectivity index (χ2v) is 9.09. The number of carbonyl (C=O) groups excluding carboxylic acids is 1. The van der Waals surface area contributed by atoms with Crippen LogP contribution in [-0.2, 0) is 0 Å². The Morgan fingerprint density at radius 1 is 1.09 bits per heavy atom. The van der Waals surface area contributed by atoms with Crippen LogP contribution in [0.15, 0.2) is 54.7 Å². The highest BCUT2D eigenvalue weighted by Crippen LogP contribution is 2.39. The number of aromatic nitrogens is 1. The van der Waals surface area contributed by atoms with Gasteiger partial charge in [-0.05, 0) is 48.9 Å². The topological polar surface area (TPSA) is 90.0 Å². The van der Waals surface area contributed by atoms with E-state index in [1.54, 1.807) is 29.2 Å². The summed E-state index contributed by atoms with van der Waals surface area (Å²) in [5.74, 6) is -1.19. The normalized spacial score (nSPS) is 17.9. The highest BCUT2D eigenvalue weighted by atomic mass is 35.5. The van der Waals surface area contributed by atoms with Crippen molar-refractivity contribution < 1.29 is 13.9 Å². The van der Waals surface area contributed by atoms with Crippen LogP contribution in [0.5, 0.6) is 5.88 Å². The molecule has 0 bridgehead atoms. The van der Waals surface area contributed by atoms with Gasteiger partial charge in [0.1, 0.15) is 18.0 Å². The number of pyridine rings is 1. The summed E-state index contributed by atoms with van der Waals surface area (Å²) in [4.78, 5) is 19.0. The Labute approximate surface area is 212 Å². The lowest BCUT2D eigenvalue weighted by Gasteiger charge is -2.25. The lowest BCUT2D eigenvalue weighted by Crippen LogP contribution is -2.32. The van der Waals surface area contributed by atoms with E-state index in [2.05, 4.69) is 4.98 Å². The van der Waals surface area contributed by atoms with Crippen LogP contribution in [0.4, 0.5) is 4.39 Å². The molecule has 2 heterocycles. The summed E-state index contributed by atoms with van der Waals surface area (Å²) in [5.41, 5.74) is 1.34. The third-order valence-corrected chi connectivity index (χ3v) is 6.87. The van der Waals surface area contributed by atoms with Gasteiger partial charge in [0.05, 0.1) is 32.8 Å². The van der Waals surface area contributed by atoms with E-state index in [1.165, 1.54) is 18.3 Å². The number of nitrogens with zero attached hydrogens (tertiary/aromatic N) is 4. The van der Waals surface area contributed by atoms with Crippen molar-refractivity contribution in [2.45, 2.75) is 18.9 Å². The van der Waals surface area contributed by atoms with Crippen molar-refractivity contribution in [3.05, 3.63) is 92.8 Å². The zero-order valence-electron chi connectivity index (χ0n) is 18.6. The zero-order chi connectivity index (χ0) is 25.1. The van der Waals surface area contributed by atoms with Crippen molar-refractivity contribution in [1.82, 2.24) is 9.88 Å². The first-order chi connectivity index (χ1) is 16.8. The molecule has 1 saturated heterocycles. The van der Waals surface area contributed by atoms with Crippen LogP contribution in [0.2, 0.25) is 10.0 Å². The lowest BCUT2D eigenvalue weighted by molar-refractivity contribution is 0.0765. The largest absolute Gasteiger partial charge is 0.474 e. The fraction of sp³-hybridized carbons (Fsp3) is 0.231. The molecular formula is C26H19Cl2FN4O2. The minimum absolute atomic E-state index is 0.0973. The van der Waals surface area contributed by atoms with Crippen molar-refractivity contribution in [3.8, 4) is 18.0 Å². The SMILES string of the molecule is C[C@H](Oc1ccc(C#N)cn1)[C@H]1CN(C(=O)c2ccc(C#N)cc2F)C[C@@H]1c1ccc(Cl)c(Cl)c1. The monoisotopic (exact) mass is 508 g/mol. The fourth-order valence-corrected chi connectivity index (χ4v) is 4.60. The van der Waals surface area contributed by atoms with E-state index < -0.39 is 11.7 Å². The molecule has 0 unspecified atom stereocenters. The van der Waals surface area contributed by atoms with E-state index in [1.807, 2.05) is 25.1 Å². The number of hydrogen-bond acceptors (Lipinski definition) is 5. The van der Waals surface area contributed by atoms with Gasteiger partial charge in [0.15, 0.2) is 0 Å². The van der Waals surface area contributed by atoms with E-state index in [0.29, 0.717) is 34.6 Å². The first-order valence-corrected chi connectivity index (χ1v) is 11.5. The van der Waals surface area contributed by atoms with Gasteiger partial charge in [0.25, 0.3) is 5.91 Å². The number of hydrogen-bond donors (Lipinski definition) is 0. The summed E-state index contributed by atoms with van der Waals surface area (Å²) in [7, 11) is 0. The average molecular weight is 509 g/mol. The molecule has 1 aromatic heterocycles. The van der Waals surface area contributed by atoms with Crippen molar-refractivity contribution in [3.63, 3.8) is 0 Å². The quantitative estimate of drug-likeness (QED) is 0.447. The third-order valence-electron chi connectivity index (χ3n) is 6.13. The molecule has 35 heavy (non-hydrogen) atoms. The Bertz CT molecular complexity index is 1350. The second-order valence-electron chi connectivity index (χ2n) is 8.28. The van der Waals surface area contributed by atoms with Gasteiger partial charge in [-0.2, -0.15) is 10.5 Å². The van der Waals surface area contributed by atoms with E-state index in [4.69, 9.17) is 38.5 Å². The first-order valence-electron chi connectivity index (χ1n) is 10.8. The Hall–Kier alpha value is -3.65. The Balaban J connectivity index is 1.62. The van der Waals surface area contributed by atoms with Crippen LogP contribution < -0.4 is 4.74 Å². The number of carbonyl (C=O) groups is 1. The molecule has 4 rings (SSSR count). The molecule has 0 radical (unpaired) electrons. The maximum Gasteiger partial charge on any atom is 0.256 e. The molecular weight excluding hydrogens is 490 g/mol. The summed E-state index contributed by atoms with van der Waals surface area (Å²) < 4.78 is 20.6. The fourth-order valence-electron chi connectivity index (χ4n) is 4.29. The number of likely N-dealkylation sites (tertiary alicyclic amines) is 1. The van der Waals surface area contributed by atoms with Gasteiger partial charge in [-0.15, -0.1) is 0 Å². The minimum Gasteiger partial charge on any atom is -0.474 e. The maximum atomic E-state index is 14.6. The van der Waals surface area contributed by atoms with Crippen LogP contribution in [0, 0.1) is 34.4 Å². The molecule has 9 heteroatoms. The number of halogens is 3. The van der Waals surface area contributed by atoms with Crippen molar-refractivity contribution in [2.24, 2.45) is 5.92 Å². The van der Waals surface area contributed by atoms with Crippen LogP contribution >= 0.6 is 23.2 Å². The van der Waals surface area contributed by atoms with E-state index in [9.17, 15) is 9.18 Å². The molecule has 1 amide bonds.